The van der Waals surface area contributed by atoms with Gasteiger partial charge in [0.05, 0.1) is 12.4 Å². The number of nitrogens with one attached hydrogen (secondary N) is 4. The lowest BCUT2D eigenvalue weighted by Gasteiger charge is -2.24. The van der Waals surface area contributed by atoms with Crippen molar-refractivity contribution in [2.75, 3.05) is 0 Å². The van der Waals surface area contributed by atoms with Crippen LogP contribution in [0.4, 0.5) is 0 Å². The lowest BCUT2D eigenvalue weighted by Crippen LogP contribution is -2.57. The molecule has 13 heteroatoms. The number of imidazole rings is 1. The number of rotatable bonds is 14. The summed E-state index contributed by atoms with van der Waals surface area (Å²) in [5.74, 6) is -4.51. The normalized spacial score (nSPS) is 14.1. The van der Waals surface area contributed by atoms with Gasteiger partial charge in [0.1, 0.15) is 18.1 Å². The van der Waals surface area contributed by atoms with Crippen LogP contribution in [0, 0.1) is 0 Å². The van der Waals surface area contributed by atoms with E-state index in [2.05, 4.69) is 25.9 Å². The minimum atomic E-state index is -1.28. The van der Waals surface area contributed by atoms with Crippen LogP contribution in [0.5, 0.6) is 0 Å². The van der Waals surface area contributed by atoms with E-state index in [9.17, 15) is 29.1 Å². The van der Waals surface area contributed by atoms with Gasteiger partial charge in [-0.05, 0) is 18.9 Å². The van der Waals surface area contributed by atoms with Crippen LogP contribution in [-0.4, -0.2) is 74.0 Å². The number of aromatic nitrogens is 2. The van der Waals surface area contributed by atoms with Crippen molar-refractivity contribution >= 4 is 29.7 Å². The third-order valence-corrected chi connectivity index (χ3v) is 5.27. The zero-order valence-corrected chi connectivity index (χ0v) is 19.6. The summed E-state index contributed by atoms with van der Waals surface area (Å²) < 4.78 is 0. The monoisotopic (exact) mass is 502 g/mol. The number of aromatic amines is 1. The number of carbonyl (C=O) groups excluding carboxylic acids is 3. The largest absolute Gasteiger partial charge is 0.481 e. The molecule has 1 aromatic carbocycles. The Kier molecular flexibility index (Phi) is 10.6. The van der Waals surface area contributed by atoms with E-state index in [1.807, 2.05) is 0 Å². The molecule has 0 aliphatic rings. The van der Waals surface area contributed by atoms with E-state index < -0.39 is 53.8 Å². The Hall–Kier alpha value is -4.26. The number of benzene rings is 1. The number of nitrogens with two attached hydrogens (primary N) is 1. The standard InChI is InChI=1S/C23H30N6O7/c1-13(27-21(33)16(24)7-8-19(30)31)20(32)28-17(9-14-5-3-2-4-6-14)22(34)29-18(23(35)36)10-15-11-25-12-26-15/h2-6,11-13,16-18H,7-10,24H2,1H3,(H,25,26)(H,27,33)(H,28,32)(H,29,34)(H,30,31)(H,35,36). The van der Waals surface area contributed by atoms with Crippen molar-refractivity contribution in [2.45, 2.75) is 56.8 Å². The number of hydrogen-bond acceptors (Lipinski definition) is 7. The fourth-order valence-corrected chi connectivity index (χ4v) is 3.24. The molecule has 0 bridgehead atoms. The fourth-order valence-electron chi connectivity index (χ4n) is 3.24. The van der Waals surface area contributed by atoms with Crippen molar-refractivity contribution in [1.29, 1.82) is 0 Å². The quantitative estimate of drug-likeness (QED) is 0.167. The predicted molar refractivity (Wildman–Crippen MR) is 126 cm³/mol. The van der Waals surface area contributed by atoms with E-state index in [4.69, 9.17) is 10.8 Å². The Morgan fingerprint density at radius 1 is 0.944 bits per heavy atom. The zero-order valence-electron chi connectivity index (χ0n) is 19.6. The van der Waals surface area contributed by atoms with Crippen LogP contribution in [0.1, 0.15) is 31.0 Å². The van der Waals surface area contributed by atoms with Gasteiger partial charge in [0.15, 0.2) is 0 Å². The summed E-state index contributed by atoms with van der Waals surface area (Å²) in [5, 5.41) is 25.7. The first-order valence-corrected chi connectivity index (χ1v) is 11.2. The van der Waals surface area contributed by atoms with Crippen LogP contribution in [0.2, 0.25) is 0 Å². The molecule has 8 N–H and O–H groups in total. The van der Waals surface area contributed by atoms with Crippen LogP contribution >= 0.6 is 0 Å². The third-order valence-electron chi connectivity index (χ3n) is 5.27. The smallest absolute Gasteiger partial charge is 0.326 e. The molecule has 0 aliphatic carbocycles. The van der Waals surface area contributed by atoms with Gasteiger partial charge in [-0.2, -0.15) is 0 Å². The van der Waals surface area contributed by atoms with Gasteiger partial charge in [-0.25, -0.2) is 9.78 Å². The SMILES string of the molecule is CC(NC(=O)C(N)CCC(=O)O)C(=O)NC(Cc1ccccc1)C(=O)NC(Cc1cnc[nH]1)C(=O)O. The van der Waals surface area contributed by atoms with Gasteiger partial charge in [-0.1, -0.05) is 30.3 Å². The molecule has 4 unspecified atom stereocenters. The third kappa shape index (κ3) is 9.18. The molecule has 13 nitrogen and oxygen atoms in total. The van der Waals surface area contributed by atoms with E-state index >= 15 is 0 Å². The number of amides is 3. The van der Waals surface area contributed by atoms with Crippen LogP contribution in [0.3, 0.4) is 0 Å². The van der Waals surface area contributed by atoms with E-state index in [0.717, 1.165) is 0 Å². The Labute approximate surface area is 206 Å². The van der Waals surface area contributed by atoms with E-state index in [0.29, 0.717) is 11.3 Å². The minimum absolute atomic E-state index is 0.0478. The van der Waals surface area contributed by atoms with Crippen molar-refractivity contribution in [2.24, 2.45) is 5.73 Å². The summed E-state index contributed by atoms with van der Waals surface area (Å²) in [6.07, 6.45) is 2.43. The van der Waals surface area contributed by atoms with Gasteiger partial charge in [-0.15, -0.1) is 0 Å². The van der Waals surface area contributed by atoms with Gasteiger partial charge in [0.25, 0.3) is 0 Å². The maximum absolute atomic E-state index is 13.1. The summed E-state index contributed by atoms with van der Waals surface area (Å²) in [4.78, 5) is 67.0. The number of nitrogens with zero attached hydrogens (tertiary/aromatic N) is 1. The number of aliphatic carboxylic acids is 2. The summed E-state index contributed by atoms with van der Waals surface area (Å²) >= 11 is 0. The highest BCUT2D eigenvalue weighted by Crippen LogP contribution is 2.06. The summed E-state index contributed by atoms with van der Waals surface area (Å²) in [7, 11) is 0. The van der Waals surface area contributed by atoms with Gasteiger partial charge in [-0.3, -0.25) is 19.2 Å². The molecule has 1 heterocycles. The van der Waals surface area contributed by atoms with Crippen molar-refractivity contribution in [3.05, 3.63) is 54.1 Å². The second kappa shape index (κ2) is 13.6. The van der Waals surface area contributed by atoms with Gasteiger partial charge >= 0.3 is 11.9 Å². The topological polar surface area (TPSA) is 217 Å². The molecule has 0 spiro atoms. The van der Waals surface area contributed by atoms with E-state index in [1.165, 1.54) is 19.4 Å². The molecule has 1 aromatic heterocycles. The maximum atomic E-state index is 13.1. The second-order valence-corrected chi connectivity index (χ2v) is 8.20. The first-order chi connectivity index (χ1) is 17.1. The van der Waals surface area contributed by atoms with Crippen LogP contribution in [0.15, 0.2) is 42.9 Å². The first-order valence-electron chi connectivity index (χ1n) is 11.2. The fraction of sp³-hybridized carbons (Fsp3) is 0.391. The van der Waals surface area contributed by atoms with E-state index in [1.54, 1.807) is 30.3 Å². The molecular weight excluding hydrogens is 472 g/mol. The number of carboxylic acids is 2. The summed E-state index contributed by atoms with van der Waals surface area (Å²) in [5.41, 5.74) is 6.89. The van der Waals surface area contributed by atoms with Gasteiger partial charge in [0.2, 0.25) is 17.7 Å². The van der Waals surface area contributed by atoms with Gasteiger partial charge in [0, 0.05) is 31.2 Å². The molecule has 2 aromatic rings. The molecule has 0 fully saturated rings. The molecule has 0 saturated carbocycles. The van der Waals surface area contributed by atoms with E-state index in [-0.39, 0.29) is 25.7 Å². The highest BCUT2D eigenvalue weighted by molar-refractivity contribution is 5.94. The molecule has 0 radical (unpaired) electrons. The van der Waals surface area contributed by atoms with Gasteiger partial charge < -0.3 is 36.9 Å². The Bertz CT molecular complexity index is 1040. The molecular formula is C23H30N6O7. The van der Waals surface area contributed by atoms with Crippen molar-refractivity contribution in [1.82, 2.24) is 25.9 Å². The number of H-pyrrole nitrogens is 1. The molecule has 3 amide bonds. The summed E-state index contributed by atoms with van der Waals surface area (Å²) in [6, 6.07) is 4.14. The summed E-state index contributed by atoms with van der Waals surface area (Å²) in [6.45, 7) is 1.38. The molecule has 194 valence electrons. The lowest BCUT2D eigenvalue weighted by atomic mass is 10.0. The van der Waals surface area contributed by atoms with Crippen LogP contribution in [-0.2, 0) is 36.8 Å². The second-order valence-electron chi connectivity index (χ2n) is 8.20. The first kappa shape index (κ1) is 28.0. The number of hydrogen-bond donors (Lipinski definition) is 7. The Morgan fingerprint density at radius 3 is 2.19 bits per heavy atom. The average molecular weight is 503 g/mol. The number of carbonyl (C=O) groups is 5. The molecule has 0 aliphatic heterocycles. The van der Waals surface area contributed by atoms with Crippen LogP contribution in [0.25, 0.3) is 0 Å². The maximum Gasteiger partial charge on any atom is 0.326 e. The highest BCUT2D eigenvalue weighted by Gasteiger charge is 2.29. The zero-order chi connectivity index (χ0) is 26.7. The van der Waals surface area contributed by atoms with Crippen molar-refractivity contribution < 1.29 is 34.2 Å². The molecule has 36 heavy (non-hydrogen) atoms. The van der Waals surface area contributed by atoms with Crippen LogP contribution < -0.4 is 21.7 Å². The molecule has 2 rings (SSSR count). The average Bonchev–Trinajstić information content (AvgIpc) is 3.35. The predicted octanol–water partition coefficient (Wildman–Crippen LogP) is -1.05. The highest BCUT2D eigenvalue weighted by atomic mass is 16.4. The Morgan fingerprint density at radius 2 is 1.61 bits per heavy atom. The van der Waals surface area contributed by atoms with Crippen molar-refractivity contribution in [3.63, 3.8) is 0 Å². The minimum Gasteiger partial charge on any atom is -0.481 e. The van der Waals surface area contributed by atoms with Crippen molar-refractivity contribution in [3.8, 4) is 0 Å². The number of carboxylic acid groups (broad SMARTS) is 2. The molecule has 0 saturated heterocycles. The lowest BCUT2D eigenvalue weighted by molar-refractivity contribution is -0.142. The Balaban J connectivity index is 2.09. The molecule has 4 atom stereocenters.